The van der Waals surface area contributed by atoms with Crippen LogP contribution in [0.25, 0.3) is 0 Å². The second-order valence-corrected chi connectivity index (χ2v) is 9.14. The summed E-state index contributed by atoms with van der Waals surface area (Å²) in [6, 6.07) is 7.24. The van der Waals surface area contributed by atoms with Gasteiger partial charge in [-0.3, -0.25) is 4.79 Å². The van der Waals surface area contributed by atoms with E-state index in [1.807, 2.05) is 0 Å². The number of carbonyl (C=O) groups is 1. The number of benzene rings is 2. The molecular weight excluding hydrogens is 428 g/mol. The molecule has 0 aliphatic carbocycles. The average Bonchev–Trinajstić information content (AvgIpc) is 3.04. The fraction of sp³-hybridized carbons (Fsp3) is 0.381. The molecule has 1 saturated heterocycles. The summed E-state index contributed by atoms with van der Waals surface area (Å²) in [5, 5.41) is 5.16. The van der Waals surface area contributed by atoms with Crippen LogP contribution in [0.4, 0.5) is 20.2 Å². The highest BCUT2D eigenvalue weighted by molar-refractivity contribution is 7.89. The maximum absolute atomic E-state index is 13.7. The Morgan fingerprint density at radius 3 is 2.39 bits per heavy atom. The highest BCUT2D eigenvalue weighted by Crippen LogP contribution is 2.29. The molecule has 0 radical (unpaired) electrons. The Bertz CT molecular complexity index is 1040. The molecule has 10 heteroatoms. The van der Waals surface area contributed by atoms with Crippen molar-refractivity contribution >= 4 is 27.3 Å². The van der Waals surface area contributed by atoms with E-state index in [-0.39, 0.29) is 17.1 Å². The number of halogens is 2. The first-order chi connectivity index (χ1) is 14.8. The van der Waals surface area contributed by atoms with E-state index >= 15 is 0 Å². The van der Waals surface area contributed by atoms with Crippen molar-refractivity contribution in [2.24, 2.45) is 0 Å². The topological polar surface area (TPSA) is 87.7 Å². The number of nitrogens with one attached hydrogen (secondary N) is 2. The van der Waals surface area contributed by atoms with Crippen LogP contribution in [-0.4, -0.2) is 45.4 Å². The molecule has 1 amide bonds. The van der Waals surface area contributed by atoms with Crippen LogP contribution in [0.1, 0.15) is 25.7 Å². The number of nitrogens with zero attached hydrogens (tertiary/aromatic N) is 1. The number of ether oxygens (including phenoxy) is 1. The third-order valence-corrected chi connectivity index (χ3v) is 6.91. The first-order valence-electron chi connectivity index (χ1n) is 9.98. The van der Waals surface area contributed by atoms with Gasteiger partial charge >= 0.3 is 0 Å². The van der Waals surface area contributed by atoms with Gasteiger partial charge in [0.05, 0.1) is 29.9 Å². The van der Waals surface area contributed by atoms with Crippen LogP contribution in [0.15, 0.2) is 41.3 Å². The SMILES string of the molecule is COc1ccc(S(=O)(=O)N2CCCCCC2)cc1NCC(=O)Nc1ccc(F)cc1F. The summed E-state index contributed by atoms with van der Waals surface area (Å²) in [4.78, 5) is 12.3. The standard InChI is InChI=1S/C21H25F2N3O4S/c1-30-20-9-7-16(31(28,29)26-10-4-2-3-5-11-26)13-19(20)24-14-21(27)25-18-8-6-15(22)12-17(18)23/h6-9,12-13,24H,2-5,10-11,14H2,1H3,(H,25,27). The summed E-state index contributed by atoms with van der Waals surface area (Å²) in [6.07, 6.45) is 3.65. The van der Waals surface area contributed by atoms with E-state index in [1.54, 1.807) is 0 Å². The molecule has 0 bridgehead atoms. The summed E-state index contributed by atoms with van der Waals surface area (Å²) < 4.78 is 59.5. The van der Waals surface area contributed by atoms with Crippen molar-refractivity contribution < 1.29 is 26.7 Å². The van der Waals surface area contributed by atoms with Crippen molar-refractivity contribution in [3.8, 4) is 5.75 Å². The van der Waals surface area contributed by atoms with Gasteiger partial charge in [0.25, 0.3) is 0 Å². The Hall–Kier alpha value is -2.72. The molecule has 3 rings (SSSR count). The van der Waals surface area contributed by atoms with Crippen LogP contribution < -0.4 is 15.4 Å². The lowest BCUT2D eigenvalue weighted by atomic mass is 10.2. The normalized spacial score (nSPS) is 15.2. The number of hydrogen-bond acceptors (Lipinski definition) is 5. The van der Waals surface area contributed by atoms with Crippen molar-refractivity contribution in [3.63, 3.8) is 0 Å². The van der Waals surface area contributed by atoms with E-state index < -0.39 is 27.6 Å². The fourth-order valence-corrected chi connectivity index (χ4v) is 4.92. The van der Waals surface area contributed by atoms with Gasteiger partial charge in [-0.25, -0.2) is 17.2 Å². The average molecular weight is 454 g/mol. The third kappa shape index (κ3) is 5.71. The van der Waals surface area contributed by atoms with Crippen molar-refractivity contribution in [3.05, 3.63) is 48.0 Å². The number of rotatable bonds is 7. The molecule has 0 spiro atoms. The summed E-state index contributed by atoms with van der Waals surface area (Å²) in [6.45, 7) is 0.673. The van der Waals surface area contributed by atoms with Crippen LogP contribution in [0.3, 0.4) is 0 Å². The molecule has 0 saturated carbocycles. The van der Waals surface area contributed by atoms with Crippen LogP contribution >= 0.6 is 0 Å². The second-order valence-electron chi connectivity index (χ2n) is 7.21. The quantitative estimate of drug-likeness (QED) is 0.669. The number of amides is 1. The molecule has 2 N–H and O–H groups in total. The maximum atomic E-state index is 13.7. The van der Waals surface area contributed by atoms with Gasteiger partial charge in [-0.15, -0.1) is 0 Å². The molecule has 0 aromatic heterocycles. The van der Waals surface area contributed by atoms with Crippen LogP contribution in [0.5, 0.6) is 5.75 Å². The number of methoxy groups -OCH3 is 1. The van der Waals surface area contributed by atoms with Gasteiger partial charge in [0, 0.05) is 19.2 Å². The largest absolute Gasteiger partial charge is 0.495 e. The van der Waals surface area contributed by atoms with Crippen molar-refractivity contribution in [2.45, 2.75) is 30.6 Å². The van der Waals surface area contributed by atoms with E-state index in [9.17, 15) is 22.0 Å². The molecule has 2 aromatic rings. The summed E-state index contributed by atoms with van der Waals surface area (Å²) in [5.74, 6) is -1.87. The smallest absolute Gasteiger partial charge is 0.243 e. The minimum absolute atomic E-state index is 0.0997. The molecule has 1 aliphatic rings. The highest BCUT2D eigenvalue weighted by atomic mass is 32.2. The third-order valence-electron chi connectivity index (χ3n) is 5.02. The highest BCUT2D eigenvalue weighted by Gasteiger charge is 2.26. The van der Waals surface area contributed by atoms with Crippen molar-refractivity contribution in [1.82, 2.24) is 4.31 Å². The van der Waals surface area contributed by atoms with Gasteiger partial charge in [0.15, 0.2) is 0 Å². The minimum atomic E-state index is -3.68. The van der Waals surface area contributed by atoms with E-state index in [0.717, 1.165) is 37.8 Å². The first kappa shape index (κ1) is 23.0. The molecule has 1 heterocycles. The van der Waals surface area contributed by atoms with Crippen molar-refractivity contribution in [1.29, 1.82) is 0 Å². The van der Waals surface area contributed by atoms with Crippen molar-refractivity contribution in [2.75, 3.05) is 37.4 Å². The Morgan fingerprint density at radius 1 is 1.03 bits per heavy atom. The van der Waals surface area contributed by atoms with E-state index in [2.05, 4.69) is 10.6 Å². The second kappa shape index (κ2) is 10.1. The number of sulfonamides is 1. The van der Waals surface area contributed by atoms with E-state index in [1.165, 1.54) is 29.6 Å². The zero-order valence-corrected chi connectivity index (χ0v) is 18.0. The van der Waals surface area contributed by atoms with Gasteiger partial charge in [0.2, 0.25) is 15.9 Å². The molecule has 7 nitrogen and oxygen atoms in total. The lowest BCUT2D eigenvalue weighted by Crippen LogP contribution is -2.32. The van der Waals surface area contributed by atoms with Gasteiger partial charge in [0.1, 0.15) is 17.4 Å². The van der Waals surface area contributed by atoms with Crippen LogP contribution in [-0.2, 0) is 14.8 Å². The summed E-state index contributed by atoms with van der Waals surface area (Å²) >= 11 is 0. The fourth-order valence-electron chi connectivity index (χ4n) is 3.38. The Balaban J connectivity index is 1.73. The van der Waals surface area contributed by atoms with Crippen LogP contribution in [0.2, 0.25) is 0 Å². The molecule has 1 fully saturated rings. The Labute approximate surface area is 180 Å². The molecule has 1 aliphatic heterocycles. The molecule has 168 valence electrons. The van der Waals surface area contributed by atoms with E-state index in [0.29, 0.717) is 30.6 Å². The Morgan fingerprint density at radius 2 is 1.74 bits per heavy atom. The van der Waals surface area contributed by atoms with Gasteiger partial charge in [-0.1, -0.05) is 12.8 Å². The van der Waals surface area contributed by atoms with Gasteiger partial charge < -0.3 is 15.4 Å². The minimum Gasteiger partial charge on any atom is -0.495 e. The lowest BCUT2D eigenvalue weighted by molar-refractivity contribution is -0.114. The van der Waals surface area contributed by atoms with Gasteiger partial charge in [-0.2, -0.15) is 4.31 Å². The predicted molar refractivity (Wildman–Crippen MR) is 114 cm³/mol. The summed E-state index contributed by atoms with van der Waals surface area (Å²) in [5.41, 5.74) is 0.158. The number of carbonyl (C=O) groups excluding carboxylic acids is 1. The first-order valence-corrected chi connectivity index (χ1v) is 11.4. The predicted octanol–water partition coefficient (Wildman–Crippen LogP) is 3.59. The summed E-state index contributed by atoms with van der Waals surface area (Å²) in [7, 11) is -2.25. The zero-order chi connectivity index (χ0) is 22.4. The van der Waals surface area contributed by atoms with E-state index in [4.69, 9.17) is 4.74 Å². The molecule has 0 unspecified atom stereocenters. The Kier molecular flexibility index (Phi) is 7.45. The number of anilines is 2. The maximum Gasteiger partial charge on any atom is 0.243 e. The lowest BCUT2D eigenvalue weighted by Gasteiger charge is -2.21. The molecule has 31 heavy (non-hydrogen) atoms. The van der Waals surface area contributed by atoms with Crippen LogP contribution in [0, 0.1) is 11.6 Å². The molecular formula is C21H25F2N3O4S. The molecule has 0 atom stereocenters. The van der Waals surface area contributed by atoms with Gasteiger partial charge in [-0.05, 0) is 43.2 Å². The monoisotopic (exact) mass is 453 g/mol. The zero-order valence-electron chi connectivity index (χ0n) is 17.2. The molecule has 2 aromatic carbocycles. The number of hydrogen-bond donors (Lipinski definition) is 2.